The summed E-state index contributed by atoms with van der Waals surface area (Å²) in [5.74, 6) is 0.548. The lowest BCUT2D eigenvalue weighted by molar-refractivity contribution is 0.128. The van der Waals surface area contributed by atoms with E-state index >= 15 is 0 Å². The van der Waals surface area contributed by atoms with Crippen LogP contribution in [0.2, 0.25) is 10.0 Å². The summed E-state index contributed by atoms with van der Waals surface area (Å²) < 4.78 is 0. The summed E-state index contributed by atoms with van der Waals surface area (Å²) in [5, 5.41) is 10.9. The van der Waals surface area contributed by atoms with Crippen LogP contribution in [-0.4, -0.2) is 11.2 Å². The lowest BCUT2D eigenvalue weighted by Crippen LogP contribution is -2.26. The first-order chi connectivity index (χ1) is 7.93. The summed E-state index contributed by atoms with van der Waals surface area (Å²) in [6, 6.07) is 4.82. The molecule has 0 fully saturated rings. The summed E-state index contributed by atoms with van der Waals surface area (Å²) in [7, 11) is 0. The molecule has 104 valence electrons. The van der Waals surface area contributed by atoms with Gasteiger partial charge >= 0.3 is 0 Å². The van der Waals surface area contributed by atoms with Gasteiger partial charge in [0.25, 0.3) is 0 Å². The van der Waals surface area contributed by atoms with Crippen molar-refractivity contribution in [3.63, 3.8) is 0 Å². The van der Waals surface area contributed by atoms with E-state index in [-0.39, 0.29) is 12.4 Å². The zero-order valence-corrected chi connectivity index (χ0v) is 12.9. The SMILES string of the molecule is CC(C)CC[C@H](O)[C@H](N)c1cccc(Cl)c1Cl.Cl. The largest absolute Gasteiger partial charge is 0.391 e. The minimum atomic E-state index is -0.589. The summed E-state index contributed by atoms with van der Waals surface area (Å²) in [6.07, 6.45) is 1.02. The Labute approximate surface area is 125 Å². The molecule has 1 aromatic carbocycles. The molecule has 0 aromatic heterocycles. The Hall–Kier alpha value is 0.01000. The van der Waals surface area contributed by atoms with Gasteiger partial charge in [0.1, 0.15) is 0 Å². The van der Waals surface area contributed by atoms with Crippen LogP contribution in [0, 0.1) is 5.92 Å². The van der Waals surface area contributed by atoms with Crippen LogP contribution >= 0.6 is 35.6 Å². The number of hydrogen-bond donors (Lipinski definition) is 2. The van der Waals surface area contributed by atoms with Gasteiger partial charge in [-0.2, -0.15) is 0 Å². The summed E-state index contributed by atoms with van der Waals surface area (Å²) >= 11 is 12.0. The number of halogens is 3. The Bertz CT molecular complexity index is 371. The van der Waals surface area contributed by atoms with E-state index in [1.54, 1.807) is 18.2 Å². The maximum absolute atomic E-state index is 10.0. The number of rotatable bonds is 5. The van der Waals surface area contributed by atoms with E-state index in [1.165, 1.54) is 0 Å². The maximum Gasteiger partial charge on any atom is 0.0733 e. The standard InChI is InChI=1S/C13H19Cl2NO.ClH/c1-8(2)6-7-11(17)13(16)9-4-3-5-10(14)12(9)15;/h3-5,8,11,13,17H,6-7,16H2,1-2H3;1H/t11-,13+;/m0./s1. The van der Waals surface area contributed by atoms with E-state index in [4.69, 9.17) is 28.9 Å². The highest BCUT2D eigenvalue weighted by atomic mass is 35.5. The lowest BCUT2D eigenvalue weighted by Gasteiger charge is -2.21. The molecule has 0 saturated carbocycles. The summed E-state index contributed by atoms with van der Waals surface area (Å²) in [6.45, 7) is 4.23. The molecule has 0 amide bonds. The third-order valence-corrected chi connectivity index (χ3v) is 3.63. The fourth-order valence-corrected chi connectivity index (χ4v) is 2.10. The molecule has 0 unspecified atom stereocenters. The van der Waals surface area contributed by atoms with Crippen molar-refractivity contribution in [2.24, 2.45) is 11.7 Å². The van der Waals surface area contributed by atoms with Crippen LogP contribution < -0.4 is 5.73 Å². The Morgan fingerprint density at radius 2 is 1.83 bits per heavy atom. The Morgan fingerprint density at radius 1 is 1.22 bits per heavy atom. The van der Waals surface area contributed by atoms with Gasteiger partial charge in [0.2, 0.25) is 0 Å². The van der Waals surface area contributed by atoms with Crippen LogP contribution in [0.25, 0.3) is 0 Å². The van der Waals surface area contributed by atoms with E-state index in [1.807, 2.05) is 0 Å². The molecule has 0 radical (unpaired) electrons. The van der Waals surface area contributed by atoms with Crippen molar-refractivity contribution < 1.29 is 5.11 Å². The van der Waals surface area contributed by atoms with Gasteiger partial charge in [0, 0.05) is 0 Å². The fraction of sp³-hybridized carbons (Fsp3) is 0.538. The summed E-state index contributed by atoms with van der Waals surface area (Å²) in [4.78, 5) is 0. The monoisotopic (exact) mass is 311 g/mol. The van der Waals surface area contributed by atoms with E-state index in [0.29, 0.717) is 27.9 Å². The molecule has 2 nitrogen and oxygen atoms in total. The van der Waals surface area contributed by atoms with Crippen LogP contribution in [-0.2, 0) is 0 Å². The van der Waals surface area contributed by atoms with E-state index in [0.717, 1.165) is 6.42 Å². The normalized spacial score (nSPS) is 14.2. The zero-order valence-electron chi connectivity index (χ0n) is 10.6. The average Bonchev–Trinajstić information content (AvgIpc) is 2.28. The predicted octanol–water partition coefficient (Wildman–Crippen LogP) is 4.21. The van der Waals surface area contributed by atoms with Crippen molar-refractivity contribution in [3.05, 3.63) is 33.8 Å². The van der Waals surface area contributed by atoms with Gasteiger partial charge in [-0.15, -0.1) is 12.4 Å². The number of aliphatic hydroxyl groups is 1. The lowest BCUT2D eigenvalue weighted by atomic mass is 9.96. The van der Waals surface area contributed by atoms with Crippen molar-refractivity contribution in [1.82, 2.24) is 0 Å². The predicted molar refractivity (Wildman–Crippen MR) is 80.7 cm³/mol. The maximum atomic E-state index is 10.0. The van der Waals surface area contributed by atoms with Gasteiger partial charge in [-0.1, -0.05) is 49.2 Å². The Morgan fingerprint density at radius 3 is 2.39 bits per heavy atom. The van der Waals surface area contributed by atoms with E-state index in [9.17, 15) is 5.11 Å². The first-order valence-corrected chi connectivity index (χ1v) is 6.56. The molecule has 18 heavy (non-hydrogen) atoms. The molecule has 1 aromatic rings. The van der Waals surface area contributed by atoms with Crippen LogP contribution in [0.15, 0.2) is 18.2 Å². The third-order valence-electron chi connectivity index (χ3n) is 2.79. The molecule has 0 spiro atoms. The van der Waals surface area contributed by atoms with Crippen molar-refractivity contribution in [3.8, 4) is 0 Å². The Balaban J connectivity index is 0.00000289. The molecule has 3 N–H and O–H groups in total. The molecule has 0 bridgehead atoms. The zero-order chi connectivity index (χ0) is 13.0. The molecular weight excluding hydrogens is 293 g/mol. The fourth-order valence-electron chi connectivity index (χ4n) is 1.67. The number of nitrogens with two attached hydrogens (primary N) is 1. The minimum Gasteiger partial charge on any atom is -0.391 e. The number of hydrogen-bond acceptors (Lipinski definition) is 2. The Kier molecular flexibility index (Phi) is 8.24. The molecule has 0 aliphatic rings. The number of benzene rings is 1. The molecule has 0 aliphatic heterocycles. The second kappa shape index (κ2) is 8.23. The van der Waals surface area contributed by atoms with Crippen LogP contribution in [0.5, 0.6) is 0 Å². The third kappa shape index (κ3) is 4.94. The first-order valence-electron chi connectivity index (χ1n) is 5.81. The molecule has 2 atom stereocenters. The van der Waals surface area contributed by atoms with Gasteiger partial charge in [0.15, 0.2) is 0 Å². The van der Waals surface area contributed by atoms with Crippen LogP contribution in [0.1, 0.15) is 38.3 Å². The second-order valence-corrected chi connectivity index (χ2v) is 5.49. The van der Waals surface area contributed by atoms with Gasteiger partial charge in [-0.3, -0.25) is 0 Å². The van der Waals surface area contributed by atoms with E-state index in [2.05, 4.69) is 13.8 Å². The van der Waals surface area contributed by atoms with Gasteiger partial charge < -0.3 is 10.8 Å². The topological polar surface area (TPSA) is 46.2 Å². The molecule has 0 aliphatic carbocycles. The van der Waals surface area contributed by atoms with Crippen molar-refractivity contribution >= 4 is 35.6 Å². The highest BCUT2D eigenvalue weighted by Gasteiger charge is 2.20. The first kappa shape index (κ1) is 18.0. The molecule has 0 heterocycles. The summed E-state index contributed by atoms with van der Waals surface area (Å²) in [5.41, 5.74) is 6.71. The second-order valence-electron chi connectivity index (χ2n) is 4.71. The van der Waals surface area contributed by atoms with Crippen molar-refractivity contribution in [2.75, 3.05) is 0 Å². The van der Waals surface area contributed by atoms with E-state index < -0.39 is 12.1 Å². The van der Waals surface area contributed by atoms with Crippen LogP contribution in [0.4, 0.5) is 0 Å². The highest BCUT2D eigenvalue weighted by molar-refractivity contribution is 6.42. The smallest absolute Gasteiger partial charge is 0.0733 e. The average molecular weight is 313 g/mol. The molecular formula is C13H20Cl3NO. The minimum absolute atomic E-state index is 0. The quantitative estimate of drug-likeness (QED) is 0.855. The number of aliphatic hydroxyl groups excluding tert-OH is 1. The molecule has 5 heteroatoms. The van der Waals surface area contributed by atoms with Crippen molar-refractivity contribution in [2.45, 2.75) is 38.8 Å². The van der Waals surface area contributed by atoms with Gasteiger partial charge in [-0.25, -0.2) is 0 Å². The van der Waals surface area contributed by atoms with Crippen molar-refractivity contribution in [1.29, 1.82) is 0 Å². The van der Waals surface area contributed by atoms with Gasteiger partial charge in [0.05, 0.1) is 22.2 Å². The van der Waals surface area contributed by atoms with Gasteiger partial charge in [-0.05, 0) is 30.4 Å². The van der Waals surface area contributed by atoms with Crippen LogP contribution in [0.3, 0.4) is 0 Å². The highest BCUT2D eigenvalue weighted by Crippen LogP contribution is 2.31. The molecule has 1 rings (SSSR count). The molecule has 0 saturated heterocycles.